The van der Waals surface area contributed by atoms with Crippen molar-refractivity contribution < 1.29 is 14.3 Å². The van der Waals surface area contributed by atoms with Crippen molar-refractivity contribution in [2.75, 3.05) is 5.32 Å². The van der Waals surface area contributed by atoms with Crippen molar-refractivity contribution in [3.05, 3.63) is 82.7 Å². The molecular formula is C28H29N3O3. The van der Waals surface area contributed by atoms with Gasteiger partial charge in [0.2, 0.25) is 0 Å². The maximum atomic E-state index is 11.4. The summed E-state index contributed by atoms with van der Waals surface area (Å²) in [6.07, 6.45) is -0.567. The van der Waals surface area contributed by atoms with Crippen LogP contribution in [0.3, 0.4) is 0 Å². The van der Waals surface area contributed by atoms with Gasteiger partial charge in [-0.25, -0.2) is 4.98 Å². The Labute approximate surface area is 199 Å². The number of fused-ring (bicyclic) bond motifs is 2. The molecule has 0 aliphatic carbocycles. The molecular weight excluding hydrogens is 426 g/mol. The third-order valence-electron chi connectivity index (χ3n) is 6.47. The molecule has 1 aliphatic rings. The van der Waals surface area contributed by atoms with Crippen molar-refractivity contribution in [3.8, 4) is 11.4 Å². The number of esters is 1. The van der Waals surface area contributed by atoms with Crippen LogP contribution in [0, 0.1) is 20.8 Å². The van der Waals surface area contributed by atoms with E-state index >= 15 is 0 Å². The smallest absolute Gasteiger partial charge is 0.303 e. The van der Waals surface area contributed by atoms with E-state index in [9.17, 15) is 4.79 Å². The molecule has 0 fully saturated rings. The van der Waals surface area contributed by atoms with Crippen LogP contribution in [-0.2, 0) is 16.1 Å². The number of aromatic nitrogens is 2. The number of rotatable bonds is 5. The average molecular weight is 456 g/mol. The molecule has 6 nitrogen and oxygen atoms in total. The number of hydrogen-bond donors (Lipinski definition) is 1. The van der Waals surface area contributed by atoms with E-state index < -0.39 is 0 Å². The second-order valence-electron chi connectivity index (χ2n) is 9.01. The first kappa shape index (κ1) is 22.0. The summed E-state index contributed by atoms with van der Waals surface area (Å²) in [4.78, 5) is 16.2. The number of carbonyl (C=O) groups is 1. The second kappa shape index (κ2) is 8.52. The minimum absolute atomic E-state index is 0.204. The zero-order valence-corrected chi connectivity index (χ0v) is 20.2. The van der Waals surface area contributed by atoms with Gasteiger partial charge in [0.25, 0.3) is 0 Å². The highest BCUT2D eigenvalue weighted by Crippen LogP contribution is 2.40. The van der Waals surface area contributed by atoms with Crippen molar-refractivity contribution in [2.45, 2.75) is 53.4 Å². The SMILES string of the molecule is CC(=O)O[C@H]1c2ccc(NCc3cccc(-n4c(C)nc5ccc(C)cc54)c3C)cc2OC1C. The lowest BCUT2D eigenvalue weighted by molar-refractivity contribution is -0.149. The van der Waals surface area contributed by atoms with E-state index in [1.54, 1.807) is 0 Å². The number of ether oxygens (including phenoxy) is 2. The third kappa shape index (κ3) is 3.89. The van der Waals surface area contributed by atoms with Crippen molar-refractivity contribution in [3.63, 3.8) is 0 Å². The standard InChI is InChI=1S/C28H29N3O3/c1-16-9-12-24-26(13-16)31(19(4)30-24)25-8-6-7-21(17(25)2)15-29-22-10-11-23-27(14-22)33-18(3)28(23)34-20(5)32/h6-14,18,28-29H,15H2,1-5H3/t18?,28-/m1/s1. The summed E-state index contributed by atoms with van der Waals surface area (Å²) in [7, 11) is 0. The van der Waals surface area contributed by atoms with Crippen molar-refractivity contribution in [1.82, 2.24) is 9.55 Å². The number of anilines is 1. The van der Waals surface area contributed by atoms with Gasteiger partial charge in [-0.1, -0.05) is 18.2 Å². The lowest BCUT2D eigenvalue weighted by atomic mass is 10.0. The first-order chi connectivity index (χ1) is 16.3. The van der Waals surface area contributed by atoms with Crippen LogP contribution in [0.15, 0.2) is 54.6 Å². The van der Waals surface area contributed by atoms with Crippen molar-refractivity contribution in [2.24, 2.45) is 0 Å². The quantitative estimate of drug-likeness (QED) is 0.377. The zero-order valence-electron chi connectivity index (χ0n) is 20.2. The predicted molar refractivity (Wildman–Crippen MR) is 134 cm³/mol. The highest BCUT2D eigenvalue weighted by molar-refractivity contribution is 5.79. The molecule has 1 aliphatic heterocycles. The molecule has 0 saturated heterocycles. The number of carbonyl (C=O) groups excluding carboxylic acids is 1. The average Bonchev–Trinajstić information content (AvgIpc) is 3.27. The summed E-state index contributed by atoms with van der Waals surface area (Å²) in [5.41, 5.74) is 8.76. The maximum absolute atomic E-state index is 11.4. The minimum Gasteiger partial charge on any atom is -0.486 e. The van der Waals surface area contributed by atoms with Gasteiger partial charge < -0.3 is 14.8 Å². The molecule has 1 unspecified atom stereocenters. The van der Waals surface area contributed by atoms with E-state index in [0.29, 0.717) is 6.54 Å². The maximum Gasteiger partial charge on any atom is 0.303 e. The third-order valence-corrected chi connectivity index (χ3v) is 6.47. The zero-order chi connectivity index (χ0) is 24.0. The molecule has 1 N–H and O–H groups in total. The second-order valence-corrected chi connectivity index (χ2v) is 9.01. The van der Waals surface area contributed by atoms with Crippen LogP contribution in [0.1, 0.15) is 48.0 Å². The Morgan fingerprint density at radius 2 is 1.94 bits per heavy atom. The molecule has 2 heterocycles. The van der Waals surface area contributed by atoms with Crippen molar-refractivity contribution >= 4 is 22.7 Å². The Hall–Kier alpha value is -3.80. The monoisotopic (exact) mass is 455 g/mol. The van der Waals surface area contributed by atoms with E-state index in [2.05, 4.69) is 60.1 Å². The Morgan fingerprint density at radius 3 is 2.74 bits per heavy atom. The normalized spacial score (nSPS) is 16.9. The fourth-order valence-electron chi connectivity index (χ4n) is 4.75. The van der Waals surface area contributed by atoms with E-state index in [1.807, 2.05) is 32.0 Å². The first-order valence-corrected chi connectivity index (χ1v) is 11.6. The molecule has 0 radical (unpaired) electrons. The largest absolute Gasteiger partial charge is 0.486 e. The molecule has 174 valence electrons. The topological polar surface area (TPSA) is 65.4 Å². The van der Waals surface area contributed by atoms with Gasteiger partial charge in [-0.3, -0.25) is 9.36 Å². The highest BCUT2D eigenvalue weighted by Gasteiger charge is 2.33. The van der Waals surface area contributed by atoms with Gasteiger partial charge >= 0.3 is 5.97 Å². The molecule has 2 atom stereocenters. The molecule has 0 spiro atoms. The molecule has 34 heavy (non-hydrogen) atoms. The Kier molecular flexibility index (Phi) is 5.52. The van der Waals surface area contributed by atoms with Gasteiger partial charge in [-0.05, 0) is 74.7 Å². The van der Waals surface area contributed by atoms with Crippen LogP contribution in [-0.4, -0.2) is 21.6 Å². The first-order valence-electron chi connectivity index (χ1n) is 11.6. The van der Waals surface area contributed by atoms with Crippen LogP contribution in [0.5, 0.6) is 5.75 Å². The Morgan fingerprint density at radius 1 is 1.12 bits per heavy atom. The number of benzene rings is 3. The van der Waals surface area contributed by atoms with Gasteiger partial charge in [0.05, 0.1) is 16.7 Å². The van der Waals surface area contributed by atoms with E-state index in [1.165, 1.54) is 23.6 Å². The predicted octanol–water partition coefficient (Wildman–Crippen LogP) is 5.95. The molecule has 6 heteroatoms. The van der Waals surface area contributed by atoms with E-state index in [-0.39, 0.29) is 18.2 Å². The number of aryl methyl sites for hydroxylation is 2. The lowest BCUT2D eigenvalue weighted by Crippen LogP contribution is -2.18. The van der Waals surface area contributed by atoms with Gasteiger partial charge in [0, 0.05) is 30.8 Å². The number of nitrogens with one attached hydrogen (secondary N) is 1. The van der Waals surface area contributed by atoms with Crippen LogP contribution in [0.25, 0.3) is 16.7 Å². The van der Waals surface area contributed by atoms with Gasteiger partial charge in [0.15, 0.2) is 6.10 Å². The molecule has 0 saturated carbocycles. The molecule has 0 amide bonds. The molecule has 0 bridgehead atoms. The summed E-state index contributed by atoms with van der Waals surface area (Å²) >= 11 is 0. The summed E-state index contributed by atoms with van der Waals surface area (Å²) in [6.45, 7) is 10.3. The Bertz CT molecular complexity index is 1410. The van der Waals surface area contributed by atoms with Gasteiger partial charge in [0.1, 0.15) is 17.7 Å². The molecule has 4 aromatic rings. The molecule has 5 rings (SSSR count). The summed E-state index contributed by atoms with van der Waals surface area (Å²) in [5, 5.41) is 3.52. The summed E-state index contributed by atoms with van der Waals surface area (Å²) in [6, 6.07) is 18.7. The Balaban J connectivity index is 1.40. The molecule has 1 aromatic heterocycles. The number of nitrogens with zero attached hydrogens (tertiary/aromatic N) is 2. The van der Waals surface area contributed by atoms with Crippen molar-refractivity contribution in [1.29, 1.82) is 0 Å². The minimum atomic E-state index is -0.364. The fraction of sp³-hybridized carbons (Fsp3) is 0.286. The van der Waals surface area contributed by atoms with Crippen LogP contribution < -0.4 is 10.1 Å². The summed E-state index contributed by atoms with van der Waals surface area (Å²) < 4.78 is 13.6. The van der Waals surface area contributed by atoms with Crippen LogP contribution in [0.2, 0.25) is 0 Å². The van der Waals surface area contributed by atoms with Gasteiger partial charge in [-0.15, -0.1) is 0 Å². The van der Waals surface area contributed by atoms with Crippen LogP contribution in [0.4, 0.5) is 5.69 Å². The number of imidazole rings is 1. The molecule has 3 aromatic carbocycles. The summed E-state index contributed by atoms with van der Waals surface area (Å²) in [5.74, 6) is 1.42. The lowest BCUT2D eigenvalue weighted by Gasteiger charge is -2.16. The van der Waals surface area contributed by atoms with E-state index in [0.717, 1.165) is 39.5 Å². The van der Waals surface area contributed by atoms with E-state index in [4.69, 9.17) is 14.5 Å². The van der Waals surface area contributed by atoms with Crippen LogP contribution >= 0.6 is 0 Å². The fourth-order valence-corrected chi connectivity index (χ4v) is 4.75. The number of hydrogen-bond acceptors (Lipinski definition) is 5. The highest BCUT2D eigenvalue weighted by atomic mass is 16.6. The van der Waals surface area contributed by atoms with Gasteiger partial charge in [-0.2, -0.15) is 0 Å².